The molecule has 106 valence electrons. The first-order valence-corrected chi connectivity index (χ1v) is 6.35. The molecule has 0 N–H and O–H groups in total. The van der Waals surface area contributed by atoms with Crippen molar-refractivity contribution < 1.29 is 23.5 Å². The van der Waals surface area contributed by atoms with Crippen molar-refractivity contribution >= 4 is 17.8 Å². The van der Waals surface area contributed by atoms with Gasteiger partial charge in [-0.05, 0) is 30.7 Å². The van der Waals surface area contributed by atoms with Crippen molar-refractivity contribution in [3.8, 4) is 11.5 Å². The minimum atomic E-state index is -0.426. The van der Waals surface area contributed by atoms with Gasteiger partial charge in [0.05, 0.1) is 11.8 Å². The molecule has 0 atom stereocenters. The van der Waals surface area contributed by atoms with Gasteiger partial charge in [-0.3, -0.25) is 9.59 Å². The van der Waals surface area contributed by atoms with Crippen molar-refractivity contribution in [3.63, 3.8) is 0 Å². The minimum Gasteiger partial charge on any atom is -0.465 e. The summed E-state index contributed by atoms with van der Waals surface area (Å²) in [5.41, 5.74) is 1.17. The molecule has 0 spiro atoms. The highest BCUT2D eigenvalue weighted by atomic mass is 16.5. The van der Waals surface area contributed by atoms with E-state index in [2.05, 4.69) is 0 Å². The molecule has 0 amide bonds. The van der Waals surface area contributed by atoms with E-state index in [1.165, 1.54) is 25.3 Å². The Labute approximate surface area is 120 Å². The Kier molecular flexibility index (Phi) is 3.10. The standard InChI is InChI=1S/C16H12O5/c1-9-6-12(20-10(2)17)8-13-15(9)16(18)14(21-13)7-11-4-3-5-19-11/h3-8H,1-2H3/b14-7-. The Hall–Kier alpha value is -2.82. The number of carbonyl (C=O) groups is 2. The number of furan rings is 1. The lowest BCUT2D eigenvalue weighted by Gasteiger charge is -2.05. The zero-order valence-corrected chi connectivity index (χ0v) is 11.5. The summed E-state index contributed by atoms with van der Waals surface area (Å²) in [6.45, 7) is 3.08. The average molecular weight is 284 g/mol. The molecule has 1 aromatic heterocycles. The summed E-state index contributed by atoms with van der Waals surface area (Å²) in [4.78, 5) is 23.3. The van der Waals surface area contributed by atoms with E-state index in [-0.39, 0.29) is 11.5 Å². The van der Waals surface area contributed by atoms with Crippen molar-refractivity contribution in [1.29, 1.82) is 0 Å². The van der Waals surface area contributed by atoms with E-state index >= 15 is 0 Å². The fourth-order valence-corrected chi connectivity index (χ4v) is 2.20. The smallest absolute Gasteiger partial charge is 0.308 e. The molecule has 3 rings (SSSR count). The third-order valence-corrected chi connectivity index (χ3v) is 3.02. The van der Waals surface area contributed by atoms with Gasteiger partial charge in [0, 0.05) is 19.1 Å². The van der Waals surface area contributed by atoms with Crippen LogP contribution < -0.4 is 9.47 Å². The molecule has 0 fully saturated rings. The zero-order valence-electron chi connectivity index (χ0n) is 11.5. The molecule has 1 aliphatic heterocycles. The quantitative estimate of drug-likeness (QED) is 0.481. The van der Waals surface area contributed by atoms with Gasteiger partial charge in [-0.1, -0.05) is 0 Å². The number of hydrogen-bond acceptors (Lipinski definition) is 5. The summed E-state index contributed by atoms with van der Waals surface area (Å²) < 4.78 is 15.8. The number of Topliss-reactive ketones (excluding diaryl/α,β-unsaturated/α-hetero) is 1. The van der Waals surface area contributed by atoms with Gasteiger partial charge in [0.2, 0.25) is 5.78 Å². The minimum absolute atomic E-state index is 0.183. The predicted octanol–water partition coefficient (Wildman–Crippen LogP) is 3.13. The second-order valence-corrected chi connectivity index (χ2v) is 4.66. The number of fused-ring (bicyclic) bond motifs is 1. The third-order valence-electron chi connectivity index (χ3n) is 3.02. The number of esters is 1. The van der Waals surface area contributed by atoms with Crippen molar-refractivity contribution in [2.24, 2.45) is 0 Å². The van der Waals surface area contributed by atoms with Crippen LogP contribution in [0.1, 0.15) is 28.6 Å². The molecule has 0 unspecified atom stereocenters. The summed E-state index contributed by atoms with van der Waals surface area (Å²) in [7, 11) is 0. The van der Waals surface area contributed by atoms with Crippen LogP contribution >= 0.6 is 0 Å². The van der Waals surface area contributed by atoms with Gasteiger partial charge < -0.3 is 13.9 Å². The summed E-state index contributed by atoms with van der Waals surface area (Å²) in [6, 6.07) is 6.62. The molecule has 1 aliphatic rings. The summed E-state index contributed by atoms with van der Waals surface area (Å²) >= 11 is 0. The molecule has 21 heavy (non-hydrogen) atoms. The first-order chi connectivity index (χ1) is 10.0. The molecule has 0 bridgehead atoms. The SMILES string of the molecule is CC(=O)Oc1cc(C)c2c(c1)O/C(=C\c1ccco1)C2=O. The Bertz CT molecular complexity index is 753. The van der Waals surface area contributed by atoms with Gasteiger partial charge in [0.1, 0.15) is 17.3 Å². The summed E-state index contributed by atoms with van der Waals surface area (Å²) in [6.07, 6.45) is 3.05. The fraction of sp³-hybridized carbons (Fsp3) is 0.125. The lowest BCUT2D eigenvalue weighted by molar-refractivity contribution is -0.131. The highest BCUT2D eigenvalue weighted by Gasteiger charge is 2.30. The number of allylic oxidation sites excluding steroid dienone is 1. The molecule has 0 aliphatic carbocycles. The van der Waals surface area contributed by atoms with Crippen LogP contribution in [0.5, 0.6) is 11.5 Å². The average Bonchev–Trinajstić information content (AvgIpc) is 2.98. The molecule has 5 nitrogen and oxygen atoms in total. The largest absolute Gasteiger partial charge is 0.465 e. The van der Waals surface area contributed by atoms with E-state index in [1.807, 2.05) is 0 Å². The number of hydrogen-bond donors (Lipinski definition) is 0. The molecular formula is C16H12O5. The van der Waals surface area contributed by atoms with Crippen LogP contribution in [-0.2, 0) is 4.79 Å². The molecule has 0 saturated carbocycles. The molecule has 2 heterocycles. The van der Waals surface area contributed by atoms with Crippen LogP contribution in [0.2, 0.25) is 0 Å². The summed E-state index contributed by atoms with van der Waals surface area (Å²) in [5, 5.41) is 0. The van der Waals surface area contributed by atoms with Crippen molar-refractivity contribution in [3.05, 3.63) is 53.2 Å². The third kappa shape index (κ3) is 2.45. The van der Waals surface area contributed by atoms with E-state index in [4.69, 9.17) is 13.9 Å². The monoisotopic (exact) mass is 284 g/mol. The van der Waals surface area contributed by atoms with E-state index in [0.717, 1.165) is 0 Å². The van der Waals surface area contributed by atoms with E-state index in [9.17, 15) is 9.59 Å². The maximum absolute atomic E-state index is 12.3. The number of rotatable bonds is 2. The number of ketones is 1. The second kappa shape index (κ2) is 4.94. The van der Waals surface area contributed by atoms with Crippen LogP contribution in [0, 0.1) is 6.92 Å². The Morgan fingerprint density at radius 2 is 2.14 bits per heavy atom. The molecule has 5 heteroatoms. The van der Waals surface area contributed by atoms with E-state index in [1.54, 1.807) is 25.1 Å². The van der Waals surface area contributed by atoms with Gasteiger partial charge >= 0.3 is 5.97 Å². The topological polar surface area (TPSA) is 65.7 Å². The van der Waals surface area contributed by atoms with Gasteiger partial charge in [-0.15, -0.1) is 0 Å². The summed E-state index contributed by atoms with van der Waals surface area (Å²) in [5.74, 6) is 0.810. The highest BCUT2D eigenvalue weighted by Crippen LogP contribution is 2.37. The van der Waals surface area contributed by atoms with Gasteiger partial charge in [0.15, 0.2) is 5.76 Å². The Morgan fingerprint density at radius 3 is 2.81 bits per heavy atom. The van der Waals surface area contributed by atoms with Gasteiger partial charge in [-0.2, -0.15) is 0 Å². The normalized spacial score (nSPS) is 15.0. The van der Waals surface area contributed by atoms with Crippen LogP contribution in [0.3, 0.4) is 0 Å². The first-order valence-electron chi connectivity index (χ1n) is 6.35. The highest BCUT2D eigenvalue weighted by molar-refractivity contribution is 6.15. The lowest BCUT2D eigenvalue weighted by atomic mass is 10.0. The van der Waals surface area contributed by atoms with E-state index < -0.39 is 5.97 Å². The van der Waals surface area contributed by atoms with Gasteiger partial charge in [-0.25, -0.2) is 0 Å². The Morgan fingerprint density at radius 1 is 1.33 bits per heavy atom. The lowest BCUT2D eigenvalue weighted by Crippen LogP contribution is -2.02. The van der Waals surface area contributed by atoms with Crippen molar-refractivity contribution in [1.82, 2.24) is 0 Å². The number of ether oxygens (including phenoxy) is 2. The van der Waals surface area contributed by atoms with E-state index in [0.29, 0.717) is 28.4 Å². The molecule has 0 radical (unpaired) electrons. The zero-order chi connectivity index (χ0) is 15.0. The second-order valence-electron chi connectivity index (χ2n) is 4.66. The number of benzene rings is 1. The maximum Gasteiger partial charge on any atom is 0.308 e. The molecular weight excluding hydrogens is 272 g/mol. The number of carbonyl (C=O) groups excluding carboxylic acids is 2. The fourth-order valence-electron chi connectivity index (χ4n) is 2.20. The van der Waals surface area contributed by atoms with Crippen LogP contribution in [0.15, 0.2) is 40.7 Å². The molecule has 2 aromatic rings. The molecule has 0 saturated heterocycles. The van der Waals surface area contributed by atoms with Gasteiger partial charge in [0.25, 0.3) is 0 Å². The maximum atomic E-state index is 12.3. The van der Waals surface area contributed by atoms with Crippen LogP contribution in [-0.4, -0.2) is 11.8 Å². The number of aryl methyl sites for hydroxylation is 1. The first kappa shape index (κ1) is 13.2. The van der Waals surface area contributed by atoms with Crippen molar-refractivity contribution in [2.45, 2.75) is 13.8 Å². The predicted molar refractivity (Wildman–Crippen MR) is 74.1 cm³/mol. The van der Waals surface area contributed by atoms with Crippen LogP contribution in [0.4, 0.5) is 0 Å². The Balaban J connectivity index is 1.99. The van der Waals surface area contributed by atoms with Crippen LogP contribution in [0.25, 0.3) is 6.08 Å². The molecule has 1 aromatic carbocycles. The van der Waals surface area contributed by atoms with Crippen molar-refractivity contribution in [2.75, 3.05) is 0 Å².